The molecule has 3 N–H and O–H groups in total. The van der Waals surface area contributed by atoms with E-state index >= 15 is 0 Å². The fraction of sp³-hybridized carbons (Fsp3) is 0.471. The molecule has 8 heteroatoms. The van der Waals surface area contributed by atoms with E-state index in [1.165, 1.54) is 32.2 Å². The molecule has 1 aliphatic carbocycles. The third kappa shape index (κ3) is 2.21. The number of benzene rings is 1. The van der Waals surface area contributed by atoms with Crippen LogP contribution in [0.3, 0.4) is 0 Å². The first-order valence-electron chi connectivity index (χ1n) is 7.75. The zero-order valence-corrected chi connectivity index (χ0v) is 13.7. The number of carbonyl (C=O) groups excluding carboxylic acids is 3. The predicted molar refractivity (Wildman–Crippen MR) is 82.3 cm³/mol. The number of phenolic OH excluding ortho intramolecular Hbond substituents is 1. The lowest BCUT2D eigenvalue weighted by Gasteiger charge is -2.52. The van der Waals surface area contributed by atoms with Crippen molar-refractivity contribution in [1.29, 1.82) is 0 Å². The van der Waals surface area contributed by atoms with Crippen LogP contribution in [-0.4, -0.2) is 63.4 Å². The van der Waals surface area contributed by atoms with Crippen LogP contribution in [-0.2, 0) is 14.3 Å². The lowest BCUT2D eigenvalue weighted by Crippen LogP contribution is -2.75. The van der Waals surface area contributed by atoms with Gasteiger partial charge in [0.25, 0.3) is 0 Å². The fourth-order valence-corrected chi connectivity index (χ4v) is 3.66. The van der Waals surface area contributed by atoms with Crippen LogP contribution in [0.4, 0.5) is 0 Å². The first-order valence-corrected chi connectivity index (χ1v) is 7.75. The third-order valence-electron chi connectivity index (χ3n) is 5.00. The molecule has 1 aromatic rings. The Hall–Kier alpha value is -2.29. The van der Waals surface area contributed by atoms with Crippen molar-refractivity contribution in [2.45, 2.75) is 43.2 Å². The molecule has 4 atom stereocenters. The maximum atomic E-state index is 12.9. The van der Waals surface area contributed by atoms with Crippen molar-refractivity contribution in [2.75, 3.05) is 7.11 Å². The summed E-state index contributed by atoms with van der Waals surface area (Å²) in [6, 6.07) is 3.87. The molecule has 1 saturated heterocycles. The quantitative estimate of drug-likeness (QED) is 0.634. The van der Waals surface area contributed by atoms with E-state index in [1.54, 1.807) is 0 Å². The number of aromatic hydroxyl groups is 1. The van der Waals surface area contributed by atoms with Gasteiger partial charge in [0.1, 0.15) is 5.75 Å². The Morgan fingerprint density at radius 2 is 2.00 bits per heavy atom. The van der Waals surface area contributed by atoms with Crippen LogP contribution in [0.15, 0.2) is 18.2 Å². The highest BCUT2D eigenvalue weighted by atomic mass is 16.5. The maximum absolute atomic E-state index is 12.9. The zero-order valence-electron chi connectivity index (χ0n) is 13.7. The number of ether oxygens (including phenoxy) is 2. The minimum atomic E-state index is -2.52. The summed E-state index contributed by atoms with van der Waals surface area (Å²) in [6.07, 6.45) is -2.93. The number of fused-ring (bicyclic) bond motifs is 2. The van der Waals surface area contributed by atoms with Crippen LogP contribution in [0, 0.1) is 0 Å². The molecule has 0 amide bonds. The van der Waals surface area contributed by atoms with Crippen molar-refractivity contribution >= 4 is 17.5 Å². The van der Waals surface area contributed by atoms with Gasteiger partial charge in [0, 0.05) is 12.0 Å². The molecule has 0 aromatic heterocycles. The summed E-state index contributed by atoms with van der Waals surface area (Å²) in [4.78, 5) is 37.2. The van der Waals surface area contributed by atoms with Crippen molar-refractivity contribution in [3.05, 3.63) is 29.3 Å². The van der Waals surface area contributed by atoms with Crippen molar-refractivity contribution in [3.63, 3.8) is 0 Å². The lowest BCUT2D eigenvalue weighted by atomic mass is 9.61. The Bertz CT molecular complexity index is 772. The minimum Gasteiger partial charge on any atom is -0.507 e. The average molecular weight is 350 g/mol. The number of hydrogen-bond acceptors (Lipinski definition) is 8. The summed E-state index contributed by atoms with van der Waals surface area (Å²) in [5.41, 5.74) is -5.56. The van der Waals surface area contributed by atoms with E-state index in [0.29, 0.717) is 0 Å². The summed E-state index contributed by atoms with van der Waals surface area (Å²) < 4.78 is 10.1. The Labute approximate surface area is 143 Å². The number of carbonyl (C=O) groups is 3. The van der Waals surface area contributed by atoms with Gasteiger partial charge in [-0.15, -0.1) is 0 Å². The molecular formula is C17H18O8. The predicted octanol–water partition coefficient (Wildman–Crippen LogP) is -0.0261. The molecule has 0 radical (unpaired) electrons. The number of Topliss-reactive ketones (excluding diaryl/α,β-unsaturated/α-hetero) is 2. The highest BCUT2D eigenvalue weighted by Crippen LogP contribution is 2.48. The van der Waals surface area contributed by atoms with Gasteiger partial charge in [0.2, 0.25) is 11.6 Å². The molecule has 0 saturated carbocycles. The number of ketones is 2. The van der Waals surface area contributed by atoms with Gasteiger partial charge in [-0.25, -0.2) is 0 Å². The molecule has 134 valence electrons. The molecule has 2 aliphatic rings. The molecule has 0 bridgehead atoms. The monoisotopic (exact) mass is 350 g/mol. The summed E-state index contributed by atoms with van der Waals surface area (Å²) in [7, 11) is 1.18. The highest BCUT2D eigenvalue weighted by molar-refractivity contribution is 6.23. The van der Waals surface area contributed by atoms with E-state index < -0.39 is 53.1 Å². The second-order valence-electron chi connectivity index (χ2n) is 6.37. The van der Waals surface area contributed by atoms with Crippen molar-refractivity contribution in [2.24, 2.45) is 0 Å². The topological polar surface area (TPSA) is 130 Å². The van der Waals surface area contributed by atoms with Crippen molar-refractivity contribution in [3.8, 4) is 5.75 Å². The van der Waals surface area contributed by atoms with Gasteiger partial charge >= 0.3 is 5.97 Å². The Morgan fingerprint density at radius 1 is 1.32 bits per heavy atom. The number of hydrogen-bond donors (Lipinski definition) is 3. The van der Waals surface area contributed by atoms with E-state index in [9.17, 15) is 29.7 Å². The largest absolute Gasteiger partial charge is 0.507 e. The number of methoxy groups -OCH3 is 1. The summed E-state index contributed by atoms with van der Waals surface area (Å²) in [5.74, 6) is -2.98. The van der Waals surface area contributed by atoms with E-state index in [4.69, 9.17) is 4.74 Å². The molecule has 8 nitrogen and oxygen atoms in total. The molecule has 1 fully saturated rings. The van der Waals surface area contributed by atoms with Gasteiger partial charge in [0.05, 0.1) is 31.3 Å². The molecule has 25 heavy (non-hydrogen) atoms. The normalized spacial score (nSPS) is 34.2. The van der Waals surface area contributed by atoms with Crippen LogP contribution >= 0.6 is 0 Å². The maximum Gasteiger partial charge on any atom is 0.308 e. The second-order valence-corrected chi connectivity index (χ2v) is 6.37. The van der Waals surface area contributed by atoms with Gasteiger partial charge in [-0.3, -0.25) is 14.4 Å². The van der Waals surface area contributed by atoms with Gasteiger partial charge in [0.15, 0.2) is 11.2 Å². The second kappa shape index (κ2) is 5.62. The first-order chi connectivity index (χ1) is 11.7. The fourth-order valence-electron chi connectivity index (χ4n) is 3.66. The van der Waals surface area contributed by atoms with Gasteiger partial charge in [-0.05, 0) is 13.0 Å². The van der Waals surface area contributed by atoms with Crippen LogP contribution in [0.1, 0.15) is 40.5 Å². The van der Waals surface area contributed by atoms with Crippen molar-refractivity contribution < 1.29 is 39.2 Å². The van der Waals surface area contributed by atoms with Crippen LogP contribution in [0.2, 0.25) is 0 Å². The molecular weight excluding hydrogens is 332 g/mol. The molecule has 3 rings (SSSR count). The Morgan fingerprint density at radius 3 is 2.64 bits per heavy atom. The summed E-state index contributed by atoms with van der Waals surface area (Å²) >= 11 is 0. The molecule has 0 unspecified atom stereocenters. The number of phenols is 1. The number of aliphatic hydroxyl groups is 2. The average Bonchev–Trinajstić information content (AvgIpc) is 2.56. The smallest absolute Gasteiger partial charge is 0.308 e. The number of rotatable bonds is 2. The molecule has 1 heterocycles. The van der Waals surface area contributed by atoms with E-state index in [0.717, 1.165) is 0 Å². The molecule has 1 aliphatic heterocycles. The van der Waals surface area contributed by atoms with Crippen molar-refractivity contribution in [1.82, 2.24) is 0 Å². The third-order valence-corrected chi connectivity index (χ3v) is 5.00. The van der Waals surface area contributed by atoms with E-state index in [1.807, 2.05) is 0 Å². The van der Waals surface area contributed by atoms with Gasteiger partial charge in [-0.1, -0.05) is 12.1 Å². The number of esters is 1. The zero-order chi connectivity index (χ0) is 18.6. The SMILES string of the molecule is COC(=O)C[C@H]1C[C@@]2(O)C(=O)c3c(O)cccc3C(=O)[C@]2(O)[C@H](C)O1. The summed E-state index contributed by atoms with van der Waals surface area (Å²) in [5, 5.41) is 32.0. The van der Waals surface area contributed by atoms with Crippen LogP contribution < -0.4 is 0 Å². The Balaban J connectivity index is 2.12. The summed E-state index contributed by atoms with van der Waals surface area (Å²) in [6.45, 7) is 1.34. The highest BCUT2D eigenvalue weighted by Gasteiger charge is 2.69. The van der Waals surface area contributed by atoms with Crippen LogP contribution in [0.25, 0.3) is 0 Å². The van der Waals surface area contributed by atoms with Gasteiger partial charge in [-0.2, -0.15) is 0 Å². The first kappa shape index (κ1) is 17.5. The van der Waals surface area contributed by atoms with E-state index in [2.05, 4.69) is 4.74 Å². The van der Waals surface area contributed by atoms with Crippen LogP contribution in [0.5, 0.6) is 5.75 Å². The molecule has 1 aromatic carbocycles. The standard InChI is InChI=1S/C17H18O8/c1-8-17(23)14(20)10-4-3-5-11(18)13(10)15(21)16(17,22)7-9(25-8)6-12(19)24-2/h3-5,8-9,18,22-23H,6-7H2,1-2H3/t8-,9-,16+,17+/m0/s1. The van der Waals surface area contributed by atoms with Gasteiger partial charge < -0.3 is 24.8 Å². The van der Waals surface area contributed by atoms with E-state index in [-0.39, 0.29) is 17.5 Å². The lowest BCUT2D eigenvalue weighted by molar-refractivity contribution is -0.228. The Kier molecular flexibility index (Phi) is 3.94. The minimum absolute atomic E-state index is 0.181. The molecule has 0 spiro atoms.